The summed E-state index contributed by atoms with van der Waals surface area (Å²) in [6, 6.07) is 17.9. The van der Waals surface area contributed by atoms with Gasteiger partial charge in [-0.1, -0.05) is 42.5 Å². The minimum absolute atomic E-state index is 0.533. The molecule has 3 aromatic rings. The molecule has 0 bridgehead atoms. The van der Waals surface area contributed by atoms with Crippen molar-refractivity contribution >= 4 is 39.2 Å². The van der Waals surface area contributed by atoms with Gasteiger partial charge >= 0.3 is 0 Å². The number of rotatable bonds is 2. The first-order chi connectivity index (χ1) is 10.2. The fourth-order valence-corrected chi connectivity index (χ4v) is 3.19. The van der Waals surface area contributed by atoms with Crippen molar-refractivity contribution in [3.05, 3.63) is 68.9 Å². The average molecular weight is 385 g/mol. The monoisotopic (exact) mass is 385 g/mol. The van der Waals surface area contributed by atoms with Crippen molar-refractivity contribution in [2.24, 2.45) is 0 Å². The van der Waals surface area contributed by atoms with Gasteiger partial charge in [0, 0.05) is 17.4 Å². The van der Waals surface area contributed by atoms with E-state index in [0.29, 0.717) is 17.8 Å². The molecule has 3 rings (SSSR count). The maximum atomic E-state index is 9.23. The fraction of sp³-hybridized carbons (Fsp3) is 0.0588. The molecule has 0 atom stereocenters. The van der Waals surface area contributed by atoms with Crippen LogP contribution in [0.5, 0.6) is 0 Å². The summed E-state index contributed by atoms with van der Waals surface area (Å²) in [5.74, 6) is 0.533. The van der Waals surface area contributed by atoms with E-state index in [1.165, 1.54) is 0 Å². The summed E-state index contributed by atoms with van der Waals surface area (Å²) >= 11 is 2.20. The van der Waals surface area contributed by atoms with Gasteiger partial charge in [-0.15, -0.1) is 0 Å². The van der Waals surface area contributed by atoms with Crippen LogP contribution in [0.3, 0.4) is 0 Å². The first-order valence-corrected chi connectivity index (χ1v) is 7.59. The molecule has 4 heteroatoms. The second-order valence-electron chi connectivity index (χ2n) is 4.76. The maximum Gasteiger partial charge on any atom is 0.128 e. The molecule has 2 aromatic carbocycles. The van der Waals surface area contributed by atoms with Gasteiger partial charge in [0.2, 0.25) is 0 Å². The van der Waals surface area contributed by atoms with Crippen LogP contribution in [0.1, 0.15) is 16.7 Å². The molecule has 21 heavy (non-hydrogen) atoms. The Hall–Kier alpha value is -2.13. The topological polar surface area (TPSA) is 62.7 Å². The highest BCUT2D eigenvalue weighted by Gasteiger charge is 2.12. The number of nitrogen functional groups attached to an aromatic ring is 1. The van der Waals surface area contributed by atoms with Crippen molar-refractivity contribution in [2.45, 2.75) is 6.42 Å². The van der Waals surface area contributed by atoms with Crippen LogP contribution in [0.15, 0.2) is 48.5 Å². The summed E-state index contributed by atoms with van der Waals surface area (Å²) < 4.78 is 0.901. The van der Waals surface area contributed by atoms with Gasteiger partial charge in [-0.3, -0.25) is 0 Å². The van der Waals surface area contributed by atoms with Crippen molar-refractivity contribution in [3.63, 3.8) is 0 Å². The van der Waals surface area contributed by atoms with Crippen molar-refractivity contribution < 1.29 is 0 Å². The fourth-order valence-electron chi connectivity index (χ4n) is 2.46. The van der Waals surface area contributed by atoms with E-state index in [4.69, 9.17) is 5.73 Å². The summed E-state index contributed by atoms with van der Waals surface area (Å²) in [6.07, 6.45) is 0.611. The number of hydrogen-bond donors (Lipinski definition) is 1. The van der Waals surface area contributed by atoms with E-state index in [-0.39, 0.29) is 0 Å². The summed E-state index contributed by atoms with van der Waals surface area (Å²) in [6.45, 7) is 0. The van der Waals surface area contributed by atoms with Crippen LogP contribution < -0.4 is 5.73 Å². The molecule has 0 fully saturated rings. The molecule has 0 saturated carbocycles. The number of hydrogen-bond acceptors (Lipinski definition) is 3. The molecule has 0 radical (unpaired) electrons. The van der Waals surface area contributed by atoms with E-state index in [9.17, 15) is 5.26 Å². The Balaban J connectivity index is 2.20. The molecule has 2 N–H and O–H groups in total. The van der Waals surface area contributed by atoms with Crippen LogP contribution in [-0.2, 0) is 6.42 Å². The van der Waals surface area contributed by atoms with E-state index in [1.54, 1.807) is 0 Å². The number of halogens is 1. The number of pyridine rings is 1. The zero-order valence-corrected chi connectivity index (χ0v) is 13.3. The third kappa shape index (κ3) is 2.57. The summed E-state index contributed by atoms with van der Waals surface area (Å²) in [5, 5.41) is 11.4. The van der Waals surface area contributed by atoms with Gasteiger partial charge in [-0.25, -0.2) is 4.98 Å². The molecule has 0 unspecified atom stereocenters. The first-order valence-electron chi connectivity index (χ1n) is 6.51. The highest BCUT2D eigenvalue weighted by atomic mass is 127. The van der Waals surface area contributed by atoms with Gasteiger partial charge in [0.05, 0.1) is 11.6 Å². The van der Waals surface area contributed by atoms with E-state index < -0.39 is 0 Å². The summed E-state index contributed by atoms with van der Waals surface area (Å²) in [7, 11) is 0. The standard InChI is InChI=1S/C17H12IN3/c18-16-14-8-4-3-7-13(14)15(17(20)21-16)9-11-5-1-2-6-12(11)10-19/h1-8H,9H2,(H2,20,21). The quantitative estimate of drug-likeness (QED) is 0.538. The molecule has 3 nitrogen and oxygen atoms in total. The van der Waals surface area contributed by atoms with Gasteiger partial charge in [-0.05, 0) is 39.6 Å². The highest BCUT2D eigenvalue weighted by Crippen LogP contribution is 2.29. The molecule has 102 valence electrons. The van der Waals surface area contributed by atoms with Gasteiger partial charge < -0.3 is 5.73 Å². The average Bonchev–Trinajstić information content (AvgIpc) is 2.52. The SMILES string of the molecule is N#Cc1ccccc1Cc1c(N)nc(I)c2ccccc12. The zero-order valence-electron chi connectivity index (χ0n) is 11.2. The van der Waals surface area contributed by atoms with Crippen LogP contribution in [0.2, 0.25) is 0 Å². The minimum atomic E-state index is 0.533. The molecule has 1 aromatic heterocycles. The summed E-state index contributed by atoms with van der Waals surface area (Å²) in [5.41, 5.74) is 8.76. The van der Waals surface area contributed by atoms with E-state index in [1.807, 2.05) is 42.5 Å². The molecule has 0 aliphatic heterocycles. The van der Waals surface area contributed by atoms with Gasteiger partial charge in [0.15, 0.2) is 0 Å². The number of nitriles is 1. The van der Waals surface area contributed by atoms with E-state index in [0.717, 1.165) is 25.6 Å². The summed E-state index contributed by atoms with van der Waals surface area (Å²) in [4.78, 5) is 4.43. The minimum Gasteiger partial charge on any atom is -0.383 e. The lowest BCUT2D eigenvalue weighted by Gasteiger charge is -2.11. The Labute approximate surface area is 136 Å². The Morgan fingerprint density at radius 3 is 2.48 bits per heavy atom. The zero-order chi connectivity index (χ0) is 14.8. The van der Waals surface area contributed by atoms with Crippen LogP contribution in [0.4, 0.5) is 5.82 Å². The first kappa shape index (κ1) is 13.8. The maximum absolute atomic E-state index is 9.23. The van der Waals surface area contributed by atoms with Gasteiger partial charge in [0.1, 0.15) is 9.52 Å². The number of anilines is 1. The number of nitrogens with two attached hydrogens (primary N) is 1. The highest BCUT2D eigenvalue weighted by molar-refractivity contribution is 14.1. The van der Waals surface area contributed by atoms with Gasteiger partial charge in [-0.2, -0.15) is 5.26 Å². The molecular weight excluding hydrogens is 373 g/mol. The van der Waals surface area contributed by atoms with Crippen molar-refractivity contribution in [3.8, 4) is 6.07 Å². The van der Waals surface area contributed by atoms with Crippen molar-refractivity contribution in [1.29, 1.82) is 5.26 Å². The van der Waals surface area contributed by atoms with Crippen LogP contribution in [0, 0.1) is 15.0 Å². The molecule has 0 amide bonds. The molecular formula is C17H12IN3. The molecule has 0 saturated heterocycles. The smallest absolute Gasteiger partial charge is 0.128 e. The lowest BCUT2D eigenvalue weighted by molar-refractivity contribution is 1.16. The Morgan fingerprint density at radius 1 is 1.05 bits per heavy atom. The normalized spacial score (nSPS) is 10.5. The molecule has 1 heterocycles. The Morgan fingerprint density at radius 2 is 1.71 bits per heavy atom. The second kappa shape index (κ2) is 5.70. The van der Waals surface area contributed by atoms with Gasteiger partial charge in [0.25, 0.3) is 0 Å². The largest absolute Gasteiger partial charge is 0.383 e. The molecule has 0 aliphatic rings. The predicted molar refractivity (Wildman–Crippen MR) is 92.8 cm³/mol. The third-order valence-electron chi connectivity index (χ3n) is 3.51. The second-order valence-corrected chi connectivity index (χ2v) is 5.78. The number of fused-ring (bicyclic) bond motifs is 1. The lowest BCUT2D eigenvalue weighted by atomic mass is 9.97. The van der Waals surface area contributed by atoms with Crippen LogP contribution in [0.25, 0.3) is 10.8 Å². The van der Waals surface area contributed by atoms with Crippen molar-refractivity contribution in [1.82, 2.24) is 4.98 Å². The van der Waals surface area contributed by atoms with Crippen LogP contribution in [-0.4, -0.2) is 4.98 Å². The van der Waals surface area contributed by atoms with Crippen LogP contribution >= 0.6 is 22.6 Å². The number of benzene rings is 2. The molecule has 0 spiro atoms. The third-order valence-corrected chi connectivity index (χ3v) is 4.33. The number of aromatic nitrogens is 1. The van der Waals surface area contributed by atoms with E-state index in [2.05, 4.69) is 39.7 Å². The predicted octanol–water partition coefficient (Wildman–Crippen LogP) is 3.88. The van der Waals surface area contributed by atoms with E-state index >= 15 is 0 Å². The lowest BCUT2D eigenvalue weighted by Crippen LogP contribution is -2.03. The molecule has 0 aliphatic carbocycles. The Kier molecular flexibility index (Phi) is 3.76. The number of nitrogens with zero attached hydrogens (tertiary/aromatic N) is 2. The van der Waals surface area contributed by atoms with Crippen molar-refractivity contribution in [2.75, 3.05) is 5.73 Å². The Bertz CT molecular complexity index is 866.